The molecule has 1 aromatic heterocycles. The number of fused-ring (bicyclic) bond motifs is 1. The van der Waals surface area contributed by atoms with Crippen molar-refractivity contribution < 1.29 is 31.8 Å². The molecule has 218 valence electrons. The summed E-state index contributed by atoms with van der Waals surface area (Å²) in [6.45, 7) is 5.16. The maximum absolute atomic E-state index is 15.6. The lowest BCUT2D eigenvalue weighted by Gasteiger charge is -2.36. The zero-order valence-corrected chi connectivity index (χ0v) is 23.7. The van der Waals surface area contributed by atoms with E-state index in [-0.39, 0.29) is 40.7 Å². The van der Waals surface area contributed by atoms with E-state index in [4.69, 9.17) is 14.5 Å². The molecule has 2 N–H and O–H groups in total. The molecule has 2 aliphatic rings. The van der Waals surface area contributed by atoms with Crippen LogP contribution in [0, 0.1) is 24.5 Å². The molecule has 0 radical (unpaired) electrons. The van der Waals surface area contributed by atoms with Crippen molar-refractivity contribution in [3.63, 3.8) is 0 Å². The fourth-order valence-electron chi connectivity index (χ4n) is 4.68. The minimum Gasteiger partial charge on any atom is -0.479 e. The van der Waals surface area contributed by atoms with Crippen molar-refractivity contribution in [3.05, 3.63) is 41.1 Å². The average Bonchev–Trinajstić information content (AvgIpc) is 3.28. The van der Waals surface area contributed by atoms with Gasteiger partial charge in [-0.05, 0) is 45.9 Å². The molecule has 4 rings (SSSR count). The van der Waals surface area contributed by atoms with Gasteiger partial charge in [-0.15, -0.1) is 0 Å². The number of thioether (sulfide) groups is 1. The van der Waals surface area contributed by atoms with Crippen LogP contribution < -0.4 is 20.3 Å². The molecule has 9 nitrogen and oxygen atoms in total. The van der Waals surface area contributed by atoms with Crippen LogP contribution in [0.15, 0.2) is 23.2 Å². The number of anilines is 2. The molecule has 1 saturated heterocycles. The van der Waals surface area contributed by atoms with Crippen LogP contribution in [-0.2, 0) is 10.3 Å². The second kappa shape index (κ2) is 11.7. The Kier molecular flexibility index (Phi) is 8.66. The number of aliphatic imine (C=N–C) groups is 1. The van der Waals surface area contributed by atoms with Gasteiger partial charge in [-0.3, -0.25) is 5.32 Å². The summed E-state index contributed by atoms with van der Waals surface area (Å²) in [4.78, 5) is 27.6. The van der Waals surface area contributed by atoms with E-state index in [1.807, 2.05) is 0 Å². The van der Waals surface area contributed by atoms with Gasteiger partial charge in [0.05, 0.1) is 25.4 Å². The number of hydrogen-bond acceptors (Lipinski definition) is 9. The first-order valence-corrected chi connectivity index (χ1v) is 13.6. The molecule has 2 aromatic rings. The van der Waals surface area contributed by atoms with Crippen LogP contribution in [0.25, 0.3) is 0 Å². The maximum atomic E-state index is 15.6. The van der Waals surface area contributed by atoms with Gasteiger partial charge in [-0.25, -0.2) is 27.9 Å². The van der Waals surface area contributed by atoms with E-state index in [9.17, 15) is 18.0 Å². The van der Waals surface area contributed by atoms with Crippen LogP contribution in [0.1, 0.15) is 32.0 Å². The smallest absolute Gasteiger partial charge is 0.413 e. The van der Waals surface area contributed by atoms with Crippen LogP contribution in [0.3, 0.4) is 0 Å². The van der Waals surface area contributed by atoms with E-state index in [1.165, 1.54) is 44.0 Å². The van der Waals surface area contributed by atoms with Crippen LogP contribution in [0.4, 0.5) is 34.0 Å². The Hall–Kier alpha value is -3.29. The number of alkyl halides is 2. The molecule has 0 spiro atoms. The molecular weight excluding hydrogens is 552 g/mol. The van der Waals surface area contributed by atoms with Crippen LogP contribution in [0.2, 0.25) is 0 Å². The van der Waals surface area contributed by atoms with Crippen LogP contribution in [-0.4, -0.2) is 72.2 Å². The zero-order chi connectivity index (χ0) is 29.2. The molecule has 2 aliphatic heterocycles. The number of methoxy groups -OCH3 is 1. The van der Waals surface area contributed by atoms with Gasteiger partial charge >= 0.3 is 6.09 Å². The van der Waals surface area contributed by atoms with Gasteiger partial charge in [0.1, 0.15) is 30.3 Å². The Morgan fingerprint density at radius 3 is 2.62 bits per heavy atom. The van der Waals surface area contributed by atoms with Crippen LogP contribution in [0.5, 0.6) is 5.88 Å². The van der Waals surface area contributed by atoms with Gasteiger partial charge in [0.15, 0.2) is 5.17 Å². The number of halogens is 4. The van der Waals surface area contributed by atoms with E-state index in [0.717, 1.165) is 0 Å². The second-order valence-electron chi connectivity index (χ2n) is 10.6. The number of benzene rings is 1. The number of rotatable bonds is 7. The number of aromatic nitrogens is 2. The highest BCUT2D eigenvalue weighted by Gasteiger charge is 2.52. The minimum absolute atomic E-state index is 0.0714. The normalized spacial score (nSPS) is 20.7. The van der Waals surface area contributed by atoms with Gasteiger partial charge < -0.3 is 19.7 Å². The standard InChI is InChI=1S/C26H32F4N6O3S/c1-14-20(30)21(38-5)33-22(31-14)36-11-15-12-40-23(34-24(37)39-25(2,3)4)35-26(15,13-36)18-8-16(6-7-19(18)29)32-17(9-27)10-28/h6-8,15,17,32H,9-13H2,1-5H3,(H,34,35,37). The van der Waals surface area contributed by atoms with Gasteiger partial charge in [-0.2, -0.15) is 9.37 Å². The summed E-state index contributed by atoms with van der Waals surface area (Å²) < 4.78 is 66.9. The summed E-state index contributed by atoms with van der Waals surface area (Å²) in [5.41, 5.74) is -1.44. The third kappa shape index (κ3) is 6.21. The van der Waals surface area contributed by atoms with Crippen molar-refractivity contribution in [1.82, 2.24) is 15.3 Å². The molecule has 1 fully saturated rings. The van der Waals surface area contributed by atoms with Crippen molar-refractivity contribution in [3.8, 4) is 5.88 Å². The van der Waals surface area contributed by atoms with Crippen molar-refractivity contribution in [2.24, 2.45) is 10.9 Å². The number of hydrogen-bond donors (Lipinski definition) is 2. The predicted octanol–water partition coefficient (Wildman–Crippen LogP) is 4.75. The third-order valence-electron chi connectivity index (χ3n) is 6.51. The summed E-state index contributed by atoms with van der Waals surface area (Å²) >= 11 is 1.27. The molecule has 14 heteroatoms. The minimum atomic E-state index is -1.25. The molecule has 1 amide bonds. The summed E-state index contributed by atoms with van der Waals surface area (Å²) in [5, 5.41) is 5.62. The van der Waals surface area contributed by atoms with E-state index >= 15 is 4.39 Å². The Labute approximate surface area is 234 Å². The fraction of sp³-hybridized carbons (Fsp3) is 0.538. The largest absolute Gasteiger partial charge is 0.479 e. The Morgan fingerprint density at radius 1 is 1.25 bits per heavy atom. The molecule has 0 aliphatic carbocycles. The highest BCUT2D eigenvalue weighted by Crippen LogP contribution is 2.48. The fourth-order valence-corrected chi connectivity index (χ4v) is 5.80. The maximum Gasteiger partial charge on any atom is 0.413 e. The number of nitrogens with zero attached hydrogens (tertiary/aromatic N) is 4. The summed E-state index contributed by atoms with van der Waals surface area (Å²) in [5.74, 6) is -1.19. The van der Waals surface area contributed by atoms with E-state index in [1.54, 1.807) is 25.7 Å². The molecule has 2 unspecified atom stereocenters. The summed E-state index contributed by atoms with van der Waals surface area (Å²) in [7, 11) is 1.30. The van der Waals surface area contributed by atoms with Crippen molar-refractivity contribution in [2.45, 2.75) is 44.9 Å². The highest BCUT2D eigenvalue weighted by atomic mass is 32.2. The van der Waals surface area contributed by atoms with Gasteiger partial charge in [0.2, 0.25) is 11.8 Å². The van der Waals surface area contributed by atoms with Gasteiger partial charge in [0.25, 0.3) is 5.88 Å². The SMILES string of the molecule is COc1nc(N2CC3CSC(NC(=O)OC(C)(C)C)=NC3(c3cc(NC(CF)CF)ccc3F)C2)nc(C)c1F. The van der Waals surface area contributed by atoms with Crippen molar-refractivity contribution >= 4 is 34.7 Å². The number of amidine groups is 1. The third-order valence-corrected chi connectivity index (χ3v) is 7.54. The molecule has 2 atom stereocenters. The van der Waals surface area contributed by atoms with E-state index in [2.05, 4.69) is 20.6 Å². The number of nitrogens with one attached hydrogen (secondary N) is 2. The Bertz CT molecular complexity index is 1290. The lowest BCUT2D eigenvalue weighted by atomic mass is 9.81. The van der Waals surface area contributed by atoms with E-state index < -0.39 is 48.3 Å². The molecule has 0 saturated carbocycles. The summed E-state index contributed by atoms with van der Waals surface area (Å²) in [6.07, 6.45) is -0.714. The number of ether oxygens (including phenoxy) is 2. The number of aryl methyl sites for hydroxylation is 1. The lowest BCUT2D eigenvalue weighted by molar-refractivity contribution is 0.0564. The number of amides is 1. The molecule has 1 aromatic carbocycles. The van der Waals surface area contributed by atoms with Gasteiger partial charge in [0, 0.05) is 29.5 Å². The summed E-state index contributed by atoms with van der Waals surface area (Å²) in [6, 6.07) is 2.99. The topological polar surface area (TPSA) is 101 Å². The monoisotopic (exact) mass is 584 g/mol. The lowest BCUT2D eigenvalue weighted by Crippen LogP contribution is -2.44. The predicted molar refractivity (Wildman–Crippen MR) is 146 cm³/mol. The molecule has 0 bridgehead atoms. The Morgan fingerprint density at radius 2 is 1.98 bits per heavy atom. The highest BCUT2D eigenvalue weighted by molar-refractivity contribution is 8.13. The van der Waals surface area contributed by atoms with Crippen molar-refractivity contribution in [2.75, 3.05) is 49.5 Å². The Balaban J connectivity index is 1.78. The van der Waals surface area contributed by atoms with Crippen molar-refractivity contribution in [1.29, 1.82) is 0 Å². The first kappa shape index (κ1) is 29.7. The number of carbonyl (C=O) groups excluding carboxylic acids is 1. The van der Waals surface area contributed by atoms with Gasteiger partial charge in [-0.1, -0.05) is 11.8 Å². The number of alkyl carbamates (subject to hydrolysis) is 1. The molecular formula is C26H32F4N6O3S. The first-order chi connectivity index (χ1) is 18.9. The zero-order valence-electron chi connectivity index (χ0n) is 22.9. The van der Waals surface area contributed by atoms with Crippen LogP contribution >= 0.6 is 11.8 Å². The molecule has 3 heterocycles. The van der Waals surface area contributed by atoms with E-state index in [0.29, 0.717) is 18.0 Å². The molecule has 40 heavy (non-hydrogen) atoms. The first-order valence-electron chi connectivity index (χ1n) is 12.6. The average molecular weight is 585 g/mol. The second-order valence-corrected chi connectivity index (χ2v) is 11.6. The quantitative estimate of drug-likeness (QED) is 0.450. The number of carbonyl (C=O) groups is 1.